The molecular formula is C15H20FNO3. The number of benzene rings is 1. The van der Waals surface area contributed by atoms with E-state index in [2.05, 4.69) is 5.32 Å². The lowest BCUT2D eigenvalue weighted by molar-refractivity contribution is 0.0267. The van der Waals surface area contributed by atoms with Crippen LogP contribution in [0.5, 0.6) is 0 Å². The van der Waals surface area contributed by atoms with Crippen molar-refractivity contribution in [3.05, 3.63) is 35.8 Å². The summed E-state index contributed by atoms with van der Waals surface area (Å²) in [4.78, 5) is 0. The minimum atomic E-state index is -1.13. The molecule has 5 heteroatoms. The molecule has 0 spiro atoms. The molecule has 2 N–H and O–H groups in total. The molecule has 1 atom stereocenters. The Hall–Kier alpha value is -1.43. The smallest absolute Gasteiger partial charge is 0.170 e. The number of fused-ring (bicyclic) bond motifs is 1. The van der Waals surface area contributed by atoms with Crippen molar-refractivity contribution in [3.63, 3.8) is 0 Å². The van der Waals surface area contributed by atoms with Crippen LogP contribution < -0.4 is 5.32 Å². The molecule has 0 bridgehead atoms. The molecule has 20 heavy (non-hydrogen) atoms. The molecule has 2 aromatic rings. The van der Waals surface area contributed by atoms with Gasteiger partial charge < -0.3 is 19.6 Å². The average Bonchev–Trinajstić information content (AvgIpc) is 2.85. The Morgan fingerprint density at radius 3 is 2.90 bits per heavy atom. The van der Waals surface area contributed by atoms with E-state index < -0.39 is 11.4 Å². The largest absolute Gasteiger partial charge is 0.455 e. The summed E-state index contributed by atoms with van der Waals surface area (Å²) in [7, 11) is 1.64. The molecule has 1 unspecified atom stereocenters. The molecule has 1 aromatic heterocycles. The highest BCUT2D eigenvalue weighted by Crippen LogP contribution is 2.31. The number of rotatable bonds is 7. The molecule has 0 amide bonds. The topological polar surface area (TPSA) is 54.6 Å². The Morgan fingerprint density at radius 1 is 1.40 bits per heavy atom. The van der Waals surface area contributed by atoms with E-state index in [9.17, 15) is 9.50 Å². The van der Waals surface area contributed by atoms with Gasteiger partial charge in [0.15, 0.2) is 11.4 Å². The molecule has 4 nitrogen and oxygen atoms in total. The fourth-order valence-corrected chi connectivity index (χ4v) is 2.05. The molecule has 0 radical (unpaired) electrons. The molecule has 2 rings (SSSR count). The Bertz CT molecular complexity index is 565. The lowest BCUT2D eigenvalue weighted by atomic mass is 9.99. The van der Waals surface area contributed by atoms with Crippen molar-refractivity contribution in [1.29, 1.82) is 0 Å². The van der Waals surface area contributed by atoms with Gasteiger partial charge in [0.05, 0.1) is 6.61 Å². The van der Waals surface area contributed by atoms with Crippen molar-refractivity contribution >= 4 is 11.0 Å². The van der Waals surface area contributed by atoms with Gasteiger partial charge in [0.1, 0.15) is 11.4 Å². The fourth-order valence-electron chi connectivity index (χ4n) is 2.05. The van der Waals surface area contributed by atoms with Crippen molar-refractivity contribution in [2.45, 2.75) is 18.9 Å². The number of para-hydroxylation sites is 1. The monoisotopic (exact) mass is 281 g/mol. The lowest BCUT2D eigenvalue weighted by Crippen LogP contribution is -2.29. The number of furan rings is 1. The molecular weight excluding hydrogens is 261 g/mol. The highest BCUT2D eigenvalue weighted by atomic mass is 19.1. The number of nitrogens with one attached hydrogen (secondary N) is 1. The predicted molar refractivity (Wildman–Crippen MR) is 75.1 cm³/mol. The van der Waals surface area contributed by atoms with E-state index in [-0.39, 0.29) is 5.58 Å². The predicted octanol–water partition coefficient (Wildman–Crippen LogP) is 2.41. The lowest BCUT2D eigenvalue weighted by Gasteiger charge is -2.20. The summed E-state index contributed by atoms with van der Waals surface area (Å²) in [5.41, 5.74) is -0.943. The van der Waals surface area contributed by atoms with E-state index in [1.165, 1.54) is 6.07 Å². The number of halogens is 1. The van der Waals surface area contributed by atoms with E-state index in [0.29, 0.717) is 30.7 Å². The average molecular weight is 281 g/mol. The second kappa shape index (κ2) is 6.35. The van der Waals surface area contributed by atoms with E-state index in [4.69, 9.17) is 9.15 Å². The van der Waals surface area contributed by atoms with E-state index >= 15 is 0 Å². The van der Waals surface area contributed by atoms with E-state index in [1.54, 1.807) is 32.2 Å². The third kappa shape index (κ3) is 3.36. The first-order chi connectivity index (χ1) is 9.54. The van der Waals surface area contributed by atoms with Gasteiger partial charge in [0.2, 0.25) is 0 Å². The van der Waals surface area contributed by atoms with E-state index in [1.807, 2.05) is 0 Å². The van der Waals surface area contributed by atoms with Gasteiger partial charge in [0.25, 0.3) is 0 Å². The first kappa shape index (κ1) is 15.0. The van der Waals surface area contributed by atoms with Gasteiger partial charge in [-0.3, -0.25) is 0 Å². The number of hydrogen-bond donors (Lipinski definition) is 2. The van der Waals surface area contributed by atoms with Gasteiger partial charge in [-0.25, -0.2) is 4.39 Å². The summed E-state index contributed by atoms with van der Waals surface area (Å²) in [5, 5.41) is 14.3. The number of aliphatic hydroxyl groups is 1. The molecule has 1 heterocycles. The van der Waals surface area contributed by atoms with Crippen LogP contribution in [0.1, 0.15) is 19.1 Å². The van der Waals surface area contributed by atoms with Crippen molar-refractivity contribution in [2.75, 3.05) is 26.8 Å². The van der Waals surface area contributed by atoms with Gasteiger partial charge in [-0.15, -0.1) is 0 Å². The third-order valence-corrected chi connectivity index (χ3v) is 3.30. The summed E-state index contributed by atoms with van der Waals surface area (Å²) >= 11 is 0. The molecule has 0 saturated carbocycles. The molecule has 0 fully saturated rings. The van der Waals surface area contributed by atoms with Crippen LogP contribution in [0, 0.1) is 5.82 Å². The van der Waals surface area contributed by atoms with Crippen LogP contribution in [0.15, 0.2) is 28.7 Å². The van der Waals surface area contributed by atoms with Crippen LogP contribution in [-0.4, -0.2) is 31.9 Å². The van der Waals surface area contributed by atoms with Gasteiger partial charge in [-0.05, 0) is 32.0 Å². The minimum Gasteiger partial charge on any atom is -0.455 e. The zero-order valence-electron chi connectivity index (χ0n) is 11.8. The van der Waals surface area contributed by atoms with Crippen molar-refractivity contribution < 1.29 is 18.7 Å². The zero-order chi connectivity index (χ0) is 14.6. The maximum absolute atomic E-state index is 13.6. The minimum absolute atomic E-state index is 0.190. The first-order valence-electron chi connectivity index (χ1n) is 6.65. The van der Waals surface area contributed by atoms with Gasteiger partial charge in [-0.1, -0.05) is 12.1 Å². The van der Waals surface area contributed by atoms with Crippen LogP contribution >= 0.6 is 0 Å². The fraction of sp³-hybridized carbons (Fsp3) is 0.467. The normalized spacial score (nSPS) is 14.6. The zero-order valence-corrected chi connectivity index (χ0v) is 11.8. The van der Waals surface area contributed by atoms with Crippen LogP contribution in [0.2, 0.25) is 0 Å². The Labute approximate surface area is 117 Å². The van der Waals surface area contributed by atoms with Crippen LogP contribution in [-0.2, 0) is 10.3 Å². The molecule has 0 aliphatic rings. The first-order valence-corrected chi connectivity index (χ1v) is 6.65. The van der Waals surface area contributed by atoms with Gasteiger partial charge in [-0.2, -0.15) is 0 Å². The van der Waals surface area contributed by atoms with Crippen LogP contribution in [0.3, 0.4) is 0 Å². The van der Waals surface area contributed by atoms with Gasteiger partial charge in [0, 0.05) is 19.0 Å². The molecule has 110 valence electrons. The third-order valence-electron chi connectivity index (χ3n) is 3.30. The van der Waals surface area contributed by atoms with E-state index in [0.717, 1.165) is 6.54 Å². The molecule has 1 aromatic carbocycles. The summed E-state index contributed by atoms with van der Waals surface area (Å²) in [6.45, 7) is 3.63. The quantitative estimate of drug-likeness (QED) is 0.765. The summed E-state index contributed by atoms with van der Waals surface area (Å²) in [6, 6.07) is 6.42. The Kier molecular flexibility index (Phi) is 4.75. The number of methoxy groups -OCH3 is 1. The Balaban J connectivity index is 2.05. The maximum Gasteiger partial charge on any atom is 0.170 e. The summed E-state index contributed by atoms with van der Waals surface area (Å²) in [6.07, 6.45) is 0.470. The SMILES string of the molecule is COCCNCCC(C)(O)c1cc2cccc(F)c2o1. The van der Waals surface area contributed by atoms with Crippen molar-refractivity contribution in [3.8, 4) is 0 Å². The second-order valence-electron chi connectivity index (χ2n) is 5.04. The molecule has 0 aliphatic heterocycles. The highest BCUT2D eigenvalue weighted by Gasteiger charge is 2.27. The summed E-state index contributed by atoms with van der Waals surface area (Å²) < 4.78 is 24.0. The maximum atomic E-state index is 13.6. The Morgan fingerprint density at radius 2 is 2.20 bits per heavy atom. The second-order valence-corrected chi connectivity index (χ2v) is 5.04. The number of hydrogen-bond acceptors (Lipinski definition) is 4. The van der Waals surface area contributed by atoms with Crippen molar-refractivity contribution in [2.24, 2.45) is 0 Å². The molecule has 0 aliphatic carbocycles. The number of ether oxygens (including phenoxy) is 1. The highest BCUT2D eigenvalue weighted by molar-refractivity contribution is 5.78. The van der Waals surface area contributed by atoms with Crippen LogP contribution in [0.4, 0.5) is 4.39 Å². The van der Waals surface area contributed by atoms with Crippen LogP contribution in [0.25, 0.3) is 11.0 Å². The summed E-state index contributed by atoms with van der Waals surface area (Å²) in [5.74, 6) is -0.0334. The molecule has 0 saturated heterocycles. The van der Waals surface area contributed by atoms with Crippen molar-refractivity contribution in [1.82, 2.24) is 5.32 Å². The van der Waals surface area contributed by atoms with Gasteiger partial charge >= 0.3 is 0 Å². The standard InChI is InChI=1S/C15H20FNO3/c1-15(18,6-7-17-8-9-19-2)13-10-11-4-3-5-12(16)14(11)20-13/h3-5,10,17-18H,6-9H2,1-2H3.